The van der Waals surface area contributed by atoms with Crippen LogP contribution in [0.5, 0.6) is 0 Å². The molecular formula is C11H18N2O3. The summed E-state index contributed by atoms with van der Waals surface area (Å²) < 4.78 is 5.30. The molecule has 90 valence electrons. The fourth-order valence-electron chi connectivity index (χ4n) is 1.29. The Morgan fingerprint density at radius 3 is 2.81 bits per heavy atom. The van der Waals surface area contributed by atoms with Gasteiger partial charge in [0.25, 0.3) is 0 Å². The number of hydrogen-bond acceptors (Lipinski definition) is 4. The first-order valence-electron chi connectivity index (χ1n) is 5.38. The SMILES string of the molecule is Cc1cnc(C(C)NC(=O)CCC(C)O)o1. The molecule has 2 atom stereocenters. The van der Waals surface area contributed by atoms with E-state index in [0.29, 0.717) is 18.7 Å². The quantitative estimate of drug-likeness (QED) is 0.794. The Balaban J connectivity index is 2.39. The van der Waals surface area contributed by atoms with Crippen molar-refractivity contribution in [3.05, 3.63) is 17.8 Å². The standard InChI is InChI=1S/C11H18N2O3/c1-7(14)4-5-10(15)13-9(3)11-12-6-8(2)16-11/h6-7,9,14H,4-5H2,1-3H3,(H,13,15). The number of aliphatic hydroxyl groups excluding tert-OH is 1. The number of aryl methyl sites for hydroxylation is 1. The molecule has 2 unspecified atom stereocenters. The molecule has 1 amide bonds. The van der Waals surface area contributed by atoms with E-state index in [0.717, 1.165) is 5.76 Å². The predicted octanol–water partition coefficient (Wildman–Crippen LogP) is 1.32. The molecule has 0 aliphatic heterocycles. The summed E-state index contributed by atoms with van der Waals surface area (Å²) in [6.07, 6.45) is 1.93. The second-order valence-corrected chi connectivity index (χ2v) is 3.99. The highest BCUT2D eigenvalue weighted by Crippen LogP contribution is 2.12. The Labute approximate surface area is 94.9 Å². The lowest BCUT2D eigenvalue weighted by atomic mass is 10.2. The molecule has 0 fully saturated rings. The average molecular weight is 226 g/mol. The van der Waals surface area contributed by atoms with Crippen molar-refractivity contribution < 1.29 is 14.3 Å². The molecule has 5 heteroatoms. The number of amides is 1. The number of hydrogen-bond donors (Lipinski definition) is 2. The van der Waals surface area contributed by atoms with Crippen LogP contribution in [0.2, 0.25) is 0 Å². The molecule has 1 rings (SSSR count). The second kappa shape index (κ2) is 5.65. The molecule has 1 aromatic rings. The van der Waals surface area contributed by atoms with Crippen LogP contribution in [0.25, 0.3) is 0 Å². The van der Waals surface area contributed by atoms with Crippen LogP contribution in [0, 0.1) is 6.92 Å². The van der Waals surface area contributed by atoms with Gasteiger partial charge in [0.15, 0.2) is 0 Å². The maximum absolute atomic E-state index is 11.4. The summed E-state index contributed by atoms with van der Waals surface area (Å²) in [5, 5.41) is 11.8. The Morgan fingerprint density at radius 2 is 2.31 bits per heavy atom. The van der Waals surface area contributed by atoms with Crippen molar-refractivity contribution in [1.29, 1.82) is 0 Å². The largest absolute Gasteiger partial charge is 0.444 e. The zero-order valence-electron chi connectivity index (χ0n) is 9.86. The molecule has 0 spiro atoms. The van der Waals surface area contributed by atoms with E-state index in [1.54, 1.807) is 20.0 Å². The highest BCUT2D eigenvalue weighted by atomic mass is 16.4. The highest BCUT2D eigenvalue weighted by Gasteiger charge is 2.14. The maximum Gasteiger partial charge on any atom is 0.220 e. The molecular weight excluding hydrogens is 208 g/mol. The Bertz CT molecular complexity index is 347. The van der Waals surface area contributed by atoms with Crippen molar-refractivity contribution >= 4 is 5.91 Å². The minimum absolute atomic E-state index is 0.107. The van der Waals surface area contributed by atoms with E-state index in [1.165, 1.54) is 0 Å². The lowest BCUT2D eigenvalue weighted by Crippen LogP contribution is -2.27. The van der Waals surface area contributed by atoms with Crippen LogP contribution in [0.3, 0.4) is 0 Å². The monoisotopic (exact) mass is 226 g/mol. The summed E-state index contributed by atoms with van der Waals surface area (Å²) >= 11 is 0. The first-order chi connectivity index (χ1) is 7.49. The van der Waals surface area contributed by atoms with Crippen LogP contribution in [-0.4, -0.2) is 22.1 Å². The van der Waals surface area contributed by atoms with Gasteiger partial charge in [-0.25, -0.2) is 4.98 Å². The van der Waals surface area contributed by atoms with Gasteiger partial charge in [0.05, 0.1) is 12.3 Å². The van der Waals surface area contributed by atoms with Gasteiger partial charge in [-0.3, -0.25) is 4.79 Å². The molecule has 0 radical (unpaired) electrons. The molecule has 1 heterocycles. The van der Waals surface area contributed by atoms with E-state index < -0.39 is 6.10 Å². The second-order valence-electron chi connectivity index (χ2n) is 3.99. The first kappa shape index (κ1) is 12.7. The molecule has 0 saturated heterocycles. The van der Waals surface area contributed by atoms with Crippen molar-refractivity contribution in [2.45, 2.75) is 45.8 Å². The molecule has 0 aliphatic carbocycles. The summed E-state index contributed by atoms with van der Waals surface area (Å²) in [7, 11) is 0. The fraction of sp³-hybridized carbons (Fsp3) is 0.636. The smallest absolute Gasteiger partial charge is 0.220 e. The number of rotatable bonds is 5. The lowest BCUT2D eigenvalue weighted by Gasteiger charge is -2.10. The van der Waals surface area contributed by atoms with Gasteiger partial charge in [-0.15, -0.1) is 0 Å². The first-order valence-corrected chi connectivity index (χ1v) is 5.38. The molecule has 1 aromatic heterocycles. The summed E-state index contributed by atoms with van der Waals surface area (Å²) in [4.78, 5) is 15.5. The van der Waals surface area contributed by atoms with Gasteiger partial charge >= 0.3 is 0 Å². The summed E-state index contributed by atoms with van der Waals surface area (Å²) in [5.74, 6) is 1.12. The fourth-order valence-corrected chi connectivity index (χ4v) is 1.29. The molecule has 2 N–H and O–H groups in total. The van der Waals surface area contributed by atoms with Crippen LogP contribution in [0.15, 0.2) is 10.6 Å². The van der Waals surface area contributed by atoms with Crippen molar-refractivity contribution in [2.24, 2.45) is 0 Å². The van der Waals surface area contributed by atoms with Crippen molar-refractivity contribution in [1.82, 2.24) is 10.3 Å². The molecule has 0 bridgehead atoms. The van der Waals surface area contributed by atoms with Gasteiger partial charge in [0, 0.05) is 6.42 Å². The van der Waals surface area contributed by atoms with Crippen LogP contribution in [-0.2, 0) is 4.79 Å². The number of aliphatic hydroxyl groups is 1. The van der Waals surface area contributed by atoms with E-state index in [4.69, 9.17) is 9.52 Å². The van der Waals surface area contributed by atoms with Crippen LogP contribution in [0.1, 0.15) is 44.4 Å². The minimum Gasteiger partial charge on any atom is -0.444 e. The number of carbonyl (C=O) groups is 1. The summed E-state index contributed by atoms with van der Waals surface area (Å²) in [6.45, 7) is 5.28. The lowest BCUT2D eigenvalue weighted by molar-refractivity contribution is -0.122. The third-order valence-corrected chi connectivity index (χ3v) is 2.18. The predicted molar refractivity (Wildman–Crippen MR) is 58.7 cm³/mol. The van der Waals surface area contributed by atoms with E-state index in [9.17, 15) is 4.79 Å². The van der Waals surface area contributed by atoms with Gasteiger partial charge in [0.1, 0.15) is 11.8 Å². The van der Waals surface area contributed by atoms with E-state index in [2.05, 4.69) is 10.3 Å². The van der Waals surface area contributed by atoms with E-state index in [1.807, 2.05) is 6.92 Å². The van der Waals surface area contributed by atoms with Crippen molar-refractivity contribution in [3.8, 4) is 0 Å². The Kier molecular flexibility index (Phi) is 4.49. The molecule has 0 aromatic carbocycles. The average Bonchev–Trinajstić information content (AvgIpc) is 2.62. The Morgan fingerprint density at radius 1 is 1.62 bits per heavy atom. The highest BCUT2D eigenvalue weighted by molar-refractivity contribution is 5.76. The third-order valence-electron chi connectivity index (χ3n) is 2.18. The van der Waals surface area contributed by atoms with Crippen LogP contribution < -0.4 is 5.32 Å². The van der Waals surface area contributed by atoms with Gasteiger partial charge in [-0.2, -0.15) is 0 Å². The van der Waals surface area contributed by atoms with Crippen LogP contribution >= 0.6 is 0 Å². The zero-order chi connectivity index (χ0) is 12.1. The minimum atomic E-state index is -0.454. The van der Waals surface area contributed by atoms with Crippen molar-refractivity contribution in [2.75, 3.05) is 0 Å². The van der Waals surface area contributed by atoms with Gasteiger partial charge in [0.2, 0.25) is 11.8 Å². The topological polar surface area (TPSA) is 75.4 Å². The normalized spacial score (nSPS) is 14.5. The van der Waals surface area contributed by atoms with Crippen LogP contribution in [0.4, 0.5) is 0 Å². The van der Waals surface area contributed by atoms with Gasteiger partial charge in [-0.05, 0) is 27.2 Å². The summed E-state index contributed by atoms with van der Waals surface area (Å²) in [5.41, 5.74) is 0. The number of aromatic nitrogens is 1. The van der Waals surface area contributed by atoms with Gasteiger partial charge < -0.3 is 14.8 Å². The third kappa shape index (κ3) is 4.02. The molecule has 0 saturated carbocycles. The molecule has 5 nitrogen and oxygen atoms in total. The zero-order valence-corrected chi connectivity index (χ0v) is 9.86. The number of oxazole rings is 1. The summed E-state index contributed by atoms with van der Waals surface area (Å²) in [6, 6.07) is -0.241. The van der Waals surface area contributed by atoms with Gasteiger partial charge in [-0.1, -0.05) is 0 Å². The molecule has 16 heavy (non-hydrogen) atoms. The number of nitrogens with zero attached hydrogens (tertiary/aromatic N) is 1. The van der Waals surface area contributed by atoms with E-state index in [-0.39, 0.29) is 11.9 Å². The maximum atomic E-state index is 11.4. The molecule has 0 aliphatic rings. The number of carbonyl (C=O) groups excluding carboxylic acids is 1. The van der Waals surface area contributed by atoms with E-state index >= 15 is 0 Å². The van der Waals surface area contributed by atoms with Crippen molar-refractivity contribution in [3.63, 3.8) is 0 Å². The Hall–Kier alpha value is -1.36. The number of nitrogens with one attached hydrogen (secondary N) is 1.